The minimum absolute atomic E-state index is 0.122. The molecule has 1 fully saturated rings. The number of amides is 1. The molecule has 1 aliphatic rings. The number of aryl methyl sites for hydroxylation is 2. The van der Waals surface area contributed by atoms with Crippen LogP contribution in [0.3, 0.4) is 0 Å². The Hall–Kier alpha value is -1.99. The van der Waals surface area contributed by atoms with Crippen molar-refractivity contribution in [3.05, 3.63) is 87.0 Å². The Labute approximate surface area is 194 Å². The van der Waals surface area contributed by atoms with E-state index in [0.29, 0.717) is 15.0 Å². The first-order valence-corrected chi connectivity index (χ1v) is 11.8. The van der Waals surface area contributed by atoms with Crippen molar-refractivity contribution in [2.45, 2.75) is 24.7 Å². The average molecular weight is 472 g/mol. The van der Waals surface area contributed by atoms with E-state index >= 15 is 0 Å². The predicted molar refractivity (Wildman–Crippen MR) is 131 cm³/mol. The van der Waals surface area contributed by atoms with Gasteiger partial charge in [0.25, 0.3) is 5.91 Å². The van der Waals surface area contributed by atoms with Crippen molar-refractivity contribution in [2.75, 3.05) is 4.90 Å². The molecule has 3 aromatic rings. The number of hydrogen-bond donors (Lipinski definition) is 0. The third-order valence-corrected chi connectivity index (χ3v) is 7.09. The molecular formula is C23H18ClNO2S3. The summed E-state index contributed by atoms with van der Waals surface area (Å²) in [6, 6.07) is 17.5. The minimum atomic E-state index is -0.122. The Morgan fingerprint density at radius 3 is 2.63 bits per heavy atom. The first kappa shape index (κ1) is 21.2. The molecule has 1 amide bonds. The van der Waals surface area contributed by atoms with Crippen molar-refractivity contribution in [3.63, 3.8) is 0 Å². The number of hydrogen-bond acceptors (Lipinski definition) is 5. The standard InChI is InChI=1S/C23H18ClNO2S3/c1-14-3-9-19(15(2)11-14)25-22(26)20(30-23(25)28)12-18-8-10-21(27-18)29-13-16-4-6-17(24)7-5-16/h3-12H,13H2,1-2H3/b20-12-. The van der Waals surface area contributed by atoms with Crippen molar-refractivity contribution < 1.29 is 9.21 Å². The molecule has 7 heteroatoms. The number of thiocarbonyl (C=S) groups is 1. The van der Waals surface area contributed by atoms with Crippen molar-refractivity contribution in [2.24, 2.45) is 0 Å². The fourth-order valence-electron chi connectivity index (χ4n) is 3.09. The first-order valence-electron chi connectivity index (χ1n) is 9.23. The summed E-state index contributed by atoms with van der Waals surface area (Å²) in [5.41, 5.74) is 4.16. The molecule has 1 saturated heterocycles. The van der Waals surface area contributed by atoms with Crippen LogP contribution < -0.4 is 4.90 Å². The van der Waals surface area contributed by atoms with Crippen LogP contribution in [-0.4, -0.2) is 10.2 Å². The lowest BCUT2D eigenvalue weighted by molar-refractivity contribution is -0.113. The summed E-state index contributed by atoms with van der Waals surface area (Å²) in [7, 11) is 0. The molecule has 0 unspecified atom stereocenters. The SMILES string of the molecule is Cc1ccc(N2C(=O)/C(=C/c3ccc(SCc4ccc(Cl)cc4)o3)SC2=S)c(C)c1. The van der Waals surface area contributed by atoms with E-state index in [0.717, 1.165) is 38.2 Å². The van der Waals surface area contributed by atoms with Gasteiger partial charge in [0.05, 0.1) is 10.6 Å². The summed E-state index contributed by atoms with van der Waals surface area (Å²) >= 11 is 14.3. The highest BCUT2D eigenvalue weighted by Crippen LogP contribution is 2.38. The van der Waals surface area contributed by atoms with Crippen LogP contribution in [0.4, 0.5) is 5.69 Å². The maximum atomic E-state index is 13.0. The number of carbonyl (C=O) groups excluding carboxylic acids is 1. The topological polar surface area (TPSA) is 33.5 Å². The zero-order valence-electron chi connectivity index (χ0n) is 16.3. The smallest absolute Gasteiger partial charge is 0.270 e. The Kier molecular flexibility index (Phi) is 6.39. The van der Waals surface area contributed by atoms with Crippen molar-refractivity contribution in [3.8, 4) is 0 Å². The molecule has 0 aliphatic carbocycles. The zero-order valence-corrected chi connectivity index (χ0v) is 19.6. The number of anilines is 1. The average Bonchev–Trinajstić information content (AvgIpc) is 3.26. The summed E-state index contributed by atoms with van der Waals surface area (Å²) in [5.74, 6) is 1.29. The molecule has 1 aromatic heterocycles. The van der Waals surface area contributed by atoms with Gasteiger partial charge in [-0.05, 0) is 55.3 Å². The van der Waals surface area contributed by atoms with E-state index in [1.54, 1.807) is 22.7 Å². The molecule has 152 valence electrons. The molecule has 0 N–H and O–H groups in total. The van der Waals surface area contributed by atoms with Gasteiger partial charge in [-0.3, -0.25) is 9.69 Å². The predicted octanol–water partition coefficient (Wildman–Crippen LogP) is 7.25. The maximum Gasteiger partial charge on any atom is 0.270 e. The Balaban J connectivity index is 1.48. The van der Waals surface area contributed by atoms with Gasteiger partial charge in [-0.1, -0.05) is 77.2 Å². The van der Waals surface area contributed by atoms with E-state index in [1.165, 1.54) is 11.8 Å². The first-order chi connectivity index (χ1) is 14.4. The summed E-state index contributed by atoms with van der Waals surface area (Å²) in [4.78, 5) is 15.2. The number of rotatable bonds is 5. The van der Waals surface area contributed by atoms with E-state index in [-0.39, 0.29) is 5.91 Å². The molecule has 1 aliphatic heterocycles. The second-order valence-corrected chi connectivity index (χ2v) is 9.97. The molecule has 0 bridgehead atoms. The quantitative estimate of drug-likeness (QED) is 0.222. The summed E-state index contributed by atoms with van der Waals surface area (Å²) < 4.78 is 6.42. The van der Waals surface area contributed by atoms with Gasteiger partial charge in [-0.15, -0.1) is 0 Å². The highest BCUT2D eigenvalue weighted by atomic mass is 35.5. The van der Waals surface area contributed by atoms with Crippen LogP contribution >= 0.6 is 47.3 Å². The van der Waals surface area contributed by atoms with E-state index < -0.39 is 0 Å². The second-order valence-electron chi connectivity index (χ2n) is 6.88. The van der Waals surface area contributed by atoms with Gasteiger partial charge in [0.15, 0.2) is 9.41 Å². The van der Waals surface area contributed by atoms with E-state index in [4.69, 9.17) is 28.2 Å². The third-order valence-electron chi connectivity index (χ3n) is 4.56. The molecular weight excluding hydrogens is 454 g/mol. The number of furan rings is 1. The second kappa shape index (κ2) is 9.02. The number of nitrogens with zero attached hydrogens (tertiary/aromatic N) is 1. The van der Waals surface area contributed by atoms with E-state index in [9.17, 15) is 4.79 Å². The van der Waals surface area contributed by atoms with Gasteiger partial charge in [-0.25, -0.2) is 0 Å². The fraction of sp³-hybridized carbons (Fsp3) is 0.130. The number of carbonyl (C=O) groups is 1. The van der Waals surface area contributed by atoms with Gasteiger partial charge in [-0.2, -0.15) is 0 Å². The molecule has 0 saturated carbocycles. The van der Waals surface area contributed by atoms with Crippen LogP contribution in [0.1, 0.15) is 22.5 Å². The van der Waals surface area contributed by atoms with Gasteiger partial charge >= 0.3 is 0 Å². The zero-order chi connectivity index (χ0) is 21.3. The lowest BCUT2D eigenvalue weighted by Gasteiger charge is -2.17. The molecule has 2 heterocycles. The highest BCUT2D eigenvalue weighted by Gasteiger charge is 2.34. The number of benzene rings is 2. The largest absolute Gasteiger partial charge is 0.450 e. The lowest BCUT2D eigenvalue weighted by atomic mass is 10.1. The summed E-state index contributed by atoms with van der Waals surface area (Å²) in [5, 5.41) is 1.52. The van der Waals surface area contributed by atoms with Gasteiger partial charge in [0, 0.05) is 16.9 Å². The molecule has 3 nitrogen and oxygen atoms in total. The third kappa shape index (κ3) is 4.67. The van der Waals surface area contributed by atoms with Gasteiger partial charge in [0.1, 0.15) is 5.76 Å². The summed E-state index contributed by atoms with van der Waals surface area (Å²) in [6.45, 7) is 4.02. The highest BCUT2D eigenvalue weighted by molar-refractivity contribution is 8.27. The minimum Gasteiger partial charge on any atom is -0.450 e. The molecule has 4 rings (SSSR count). The molecule has 30 heavy (non-hydrogen) atoms. The molecule has 0 atom stereocenters. The molecule has 0 spiro atoms. The number of halogens is 1. The molecule has 2 aromatic carbocycles. The maximum absolute atomic E-state index is 13.0. The Bertz CT molecular complexity index is 1150. The normalized spacial score (nSPS) is 15.4. The lowest BCUT2D eigenvalue weighted by Crippen LogP contribution is -2.28. The fourth-order valence-corrected chi connectivity index (χ4v) is 5.30. The Morgan fingerprint density at radius 2 is 1.90 bits per heavy atom. The van der Waals surface area contributed by atoms with Crippen LogP contribution in [0.5, 0.6) is 0 Å². The summed E-state index contributed by atoms with van der Waals surface area (Å²) in [6.07, 6.45) is 1.76. The van der Waals surface area contributed by atoms with Gasteiger partial charge in [0.2, 0.25) is 0 Å². The van der Waals surface area contributed by atoms with Gasteiger partial charge < -0.3 is 4.42 Å². The molecule has 0 radical (unpaired) electrons. The van der Waals surface area contributed by atoms with Crippen molar-refractivity contribution >= 4 is 69.3 Å². The van der Waals surface area contributed by atoms with Crippen LogP contribution in [0.25, 0.3) is 6.08 Å². The van der Waals surface area contributed by atoms with Crippen molar-refractivity contribution in [1.82, 2.24) is 0 Å². The van der Waals surface area contributed by atoms with Crippen LogP contribution in [0, 0.1) is 13.8 Å². The number of thioether (sulfide) groups is 2. The van der Waals surface area contributed by atoms with Crippen LogP contribution in [0.2, 0.25) is 5.02 Å². The van der Waals surface area contributed by atoms with Crippen LogP contribution in [-0.2, 0) is 10.5 Å². The van der Waals surface area contributed by atoms with Crippen molar-refractivity contribution in [1.29, 1.82) is 0 Å². The van der Waals surface area contributed by atoms with E-state index in [1.807, 2.05) is 68.4 Å². The van der Waals surface area contributed by atoms with Crippen LogP contribution in [0.15, 0.2) is 69.0 Å². The monoisotopic (exact) mass is 471 g/mol. The van der Waals surface area contributed by atoms with E-state index in [2.05, 4.69) is 0 Å². The Morgan fingerprint density at radius 1 is 1.13 bits per heavy atom.